The van der Waals surface area contributed by atoms with E-state index in [4.69, 9.17) is 0 Å². The van der Waals surface area contributed by atoms with E-state index in [0.29, 0.717) is 16.6 Å². The van der Waals surface area contributed by atoms with Gasteiger partial charge in [-0.15, -0.1) is 0 Å². The SMILES string of the molecule is O=S(=O)(NC1CC1)c1cn(C2CCCC2)nc1-c1ccccc1. The van der Waals surface area contributed by atoms with E-state index in [1.807, 2.05) is 35.0 Å². The first-order valence-electron chi connectivity index (χ1n) is 8.30. The second-order valence-corrected chi connectivity index (χ2v) is 8.20. The van der Waals surface area contributed by atoms with Gasteiger partial charge < -0.3 is 0 Å². The van der Waals surface area contributed by atoms with Crippen LogP contribution >= 0.6 is 0 Å². The van der Waals surface area contributed by atoms with Gasteiger partial charge in [0.1, 0.15) is 10.6 Å². The number of hydrogen-bond acceptors (Lipinski definition) is 3. The highest BCUT2D eigenvalue weighted by Gasteiger charge is 2.32. The van der Waals surface area contributed by atoms with Crippen molar-refractivity contribution in [1.82, 2.24) is 14.5 Å². The molecule has 0 bridgehead atoms. The van der Waals surface area contributed by atoms with Crippen LogP contribution in [0.4, 0.5) is 0 Å². The third-order valence-corrected chi connectivity index (χ3v) is 6.15. The largest absolute Gasteiger partial charge is 0.268 e. The highest BCUT2D eigenvalue weighted by Crippen LogP contribution is 2.34. The van der Waals surface area contributed by atoms with Crippen LogP contribution in [0.15, 0.2) is 41.4 Å². The van der Waals surface area contributed by atoms with Crippen LogP contribution in [0.1, 0.15) is 44.6 Å². The summed E-state index contributed by atoms with van der Waals surface area (Å²) in [5.41, 5.74) is 1.41. The molecule has 1 N–H and O–H groups in total. The maximum Gasteiger partial charge on any atom is 0.244 e. The molecule has 0 unspecified atom stereocenters. The van der Waals surface area contributed by atoms with Crippen LogP contribution < -0.4 is 4.72 Å². The predicted molar refractivity (Wildman–Crippen MR) is 88.5 cm³/mol. The highest BCUT2D eigenvalue weighted by molar-refractivity contribution is 7.89. The Morgan fingerprint density at radius 1 is 1.04 bits per heavy atom. The van der Waals surface area contributed by atoms with E-state index in [1.165, 1.54) is 12.8 Å². The van der Waals surface area contributed by atoms with Gasteiger partial charge in [-0.3, -0.25) is 4.68 Å². The molecule has 1 heterocycles. The molecule has 6 heteroatoms. The van der Waals surface area contributed by atoms with Gasteiger partial charge in [0.15, 0.2) is 0 Å². The van der Waals surface area contributed by atoms with E-state index in [0.717, 1.165) is 31.2 Å². The number of rotatable bonds is 5. The van der Waals surface area contributed by atoms with E-state index >= 15 is 0 Å². The second-order valence-electron chi connectivity index (χ2n) is 6.52. The zero-order valence-corrected chi connectivity index (χ0v) is 13.8. The van der Waals surface area contributed by atoms with Crippen molar-refractivity contribution in [1.29, 1.82) is 0 Å². The van der Waals surface area contributed by atoms with Crippen LogP contribution in [0.3, 0.4) is 0 Å². The van der Waals surface area contributed by atoms with Gasteiger partial charge in [-0.25, -0.2) is 13.1 Å². The zero-order chi connectivity index (χ0) is 15.9. The lowest BCUT2D eigenvalue weighted by atomic mass is 10.2. The third-order valence-electron chi connectivity index (χ3n) is 4.63. The lowest BCUT2D eigenvalue weighted by Gasteiger charge is -2.08. The molecular formula is C17H21N3O2S. The molecule has 2 aliphatic carbocycles. The van der Waals surface area contributed by atoms with E-state index < -0.39 is 10.0 Å². The number of aromatic nitrogens is 2. The van der Waals surface area contributed by atoms with Crippen LogP contribution in [0.2, 0.25) is 0 Å². The molecule has 0 radical (unpaired) electrons. The van der Waals surface area contributed by atoms with Crippen molar-refractivity contribution in [2.45, 2.75) is 55.5 Å². The molecular weight excluding hydrogens is 310 g/mol. The van der Waals surface area contributed by atoms with Crippen molar-refractivity contribution < 1.29 is 8.42 Å². The zero-order valence-electron chi connectivity index (χ0n) is 13.0. The molecule has 0 saturated heterocycles. The fourth-order valence-electron chi connectivity index (χ4n) is 3.21. The fourth-order valence-corrected chi connectivity index (χ4v) is 4.67. The standard InChI is InChI=1S/C17H21N3O2S/c21-23(22,19-14-10-11-14)16-12-20(15-8-4-5-9-15)18-17(16)13-6-2-1-3-7-13/h1-3,6-7,12,14-15,19H,4-5,8-11H2. The molecule has 1 aromatic carbocycles. The summed E-state index contributed by atoms with van der Waals surface area (Å²) < 4.78 is 30.1. The van der Waals surface area contributed by atoms with Gasteiger partial charge in [-0.1, -0.05) is 43.2 Å². The Balaban J connectivity index is 1.78. The lowest BCUT2D eigenvalue weighted by molar-refractivity contribution is 0.467. The average Bonchev–Trinajstić information content (AvgIpc) is 3.07. The Labute approximate surface area is 136 Å². The fraction of sp³-hybridized carbons (Fsp3) is 0.471. The van der Waals surface area contributed by atoms with Crippen LogP contribution in [-0.2, 0) is 10.0 Å². The number of benzene rings is 1. The summed E-state index contributed by atoms with van der Waals surface area (Å²) in [6.07, 6.45) is 8.11. The maximum atomic E-state index is 12.7. The van der Waals surface area contributed by atoms with Gasteiger partial charge in [0, 0.05) is 17.8 Å². The molecule has 0 spiro atoms. The van der Waals surface area contributed by atoms with Crippen LogP contribution in [0.5, 0.6) is 0 Å². The second kappa shape index (κ2) is 5.76. The molecule has 2 saturated carbocycles. The predicted octanol–water partition coefficient (Wildman–Crippen LogP) is 3.11. The van der Waals surface area contributed by atoms with Gasteiger partial charge in [0.05, 0.1) is 6.04 Å². The van der Waals surface area contributed by atoms with E-state index in [2.05, 4.69) is 9.82 Å². The quantitative estimate of drug-likeness (QED) is 0.915. The van der Waals surface area contributed by atoms with Gasteiger partial charge in [-0.05, 0) is 25.7 Å². The minimum absolute atomic E-state index is 0.0958. The average molecular weight is 331 g/mol. The van der Waals surface area contributed by atoms with Crippen molar-refractivity contribution >= 4 is 10.0 Å². The van der Waals surface area contributed by atoms with E-state index in [1.54, 1.807) is 6.20 Å². The van der Waals surface area contributed by atoms with Crippen LogP contribution in [0, 0.1) is 0 Å². The van der Waals surface area contributed by atoms with Crippen molar-refractivity contribution in [3.8, 4) is 11.3 Å². The lowest BCUT2D eigenvalue weighted by Crippen LogP contribution is -2.25. The topological polar surface area (TPSA) is 64.0 Å². The van der Waals surface area contributed by atoms with Gasteiger partial charge in [-0.2, -0.15) is 5.10 Å². The van der Waals surface area contributed by atoms with Crippen LogP contribution in [-0.4, -0.2) is 24.2 Å². The van der Waals surface area contributed by atoms with E-state index in [-0.39, 0.29) is 6.04 Å². The van der Waals surface area contributed by atoms with E-state index in [9.17, 15) is 8.42 Å². The summed E-state index contributed by atoms with van der Waals surface area (Å²) in [4.78, 5) is 0.308. The van der Waals surface area contributed by atoms with Crippen molar-refractivity contribution in [3.63, 3.8) is 0 Å². The summed E-state index contributed by atoms with van der Waals surface area (Å²) in [5.74, 6) is 0. The first-order valence-corrected chi connectivity index (χ1v) is 9.79. The number of nitrogens with one attached hydrogen (secondary N) is 1. The molecule has 2 fully saturated rings. The molecule has 0 amide bonds. The number of sulfonamides is 1. The molecule has 23 heavy (non-hydrogen) atoms. The highest BCUT2D eigenvalue weighted by atomic mass is 32.2. The Bertz CT molecular complexity index is 789. The monoisotopic (exact) mass is 331 g/mol. The first-order chi connectivity index (χ1) is 11.1. The minimum atomic E-state index is -3.52. The van der Waals surface area contributed by atoms with Crippen molar-refractivity contribution in [2.24, 2.45) is 0 Å². The Kier molecular flexibility index (Phi) is 3.73. The summed E-state index contributed by atoms with van der Waals surface area (Å²) in [6.45, 7) is 0. The maximum absolute atomic E-state index is 12.7. The van der Waals surface area contributed by atoms with Crippen molar-refractivity contribution in [2.75, 3.05) is 0 Å². The minimum Gasteiger partial charge on any atom is -0.268 e. The molecule has 0 atom stereocenters. The summed E-state index contributed by atoms with van der Waals surface area (Å²) in [7, 11) is -3.52. The molecule has 5 nitrogen and oxygen atoms in total. The summed E-state index contributed by atoms with van der Waals surface area (Å²) >= 11 is 0. The molecule has 4 rings (SSSR count). The van der Waals surface area contributed by atoms with Gasteiger partial charge >= 0.3 is 0 Å². The van der Waals surface area contributed by atoms with Crippen LogP contribution in [0.25, 0.3) is 11.3 Å². The molecule has 1 aromatic heterocycles. The van der Waals surface area contributed by atoms with Gasteiger partial charge in [0.25, 0.3) is 0 Å². The smallest absolute Gasteiger partial charge is 0.244 e. The van der Waals surface area contributed by atoms with Crippen molar-refractivity contribution in [3.05, 3.63) is 36.5 Å². The Morgan fingerprint density at radius 3 is 2.39 bits per heavy atom. The summed E-state index contributed by atoms with van der Waals surface area (Å²) in [6, 6.07) is 9.99. The van der Waals surface area contributed by atoms with Gasteiger partial charge in [0.2, 0.25) is 10.0 Å². The molecule has 2 aromatic rings. The third kappa shape index (κ3) is 3.05. The number of nitrogens with zero attached hydrogens (tertiary/aromatic N) is 2. The Morgan fingerprint density at radius 2 is 1.74 bits per heavy atom. The Hall–Kier alpha value is -1.66. The molecule has 2 aliphatic rings. The number of hydrogen-bond donors (Lipinski definition) is 1. The first kappa shape index (κ1) is 14.9. The molecule has 0 aliphatic heterocycles. The normalized spacial score (nSPS) is 19.3. The summed E-state index contributed by atoms with van der Waals surface area (Å²) in [5, 5.41) is 4.65. The molecule has 122 valence electrons.